The standard InChI is InChI=1S/C19H27N3O4/c1-12(2)8-22-16(13-3-4-13)15(7-20-22)17(23)21-9-14-10-26-6-5-19(14,11-21)18(24)25/h7,12-14H,3-6,8-11H2,1-2H3,(H,24,25)/t14-,19+/m0/s1. The molecule has 0 aromatic carbocycles. The molecular weight excluding hydrogens is 334 g/mol. The lowest BCUT2D eigenvalue weighted by molar-refractivity contribution is -0.157. The third kappa shape index (κ3) is 2.82. The predicted octanol–water partition coefficient (Wildman–Crippen LogP) is 1.98. The van der Waals surface area contributed by atoms with Crippen molar-refractivity contribution in [2.45, 2.75) is 45.6 Å². The summed E-state index contributed by atoms with van der Waals surface area (Å²) in [6.07, 6.45) is 4.35. The van der Waals surface area contributed by atoms with Crippen molar-refractivity contribution in [3.05, 3.63) is 17.5 Å². The van der Waals surface area contributed by atoms with Crippen LogP contribution in [-0.4, -0.2) is 58.0 Å². The van der Waals surface area contributed by atoms with Gasteiger partial charge in [0.05, 0.1) is 29.5 Å². The number of carboxylic acids is 1. The number of likely N-dealkylation sites (tertiary alicyclic amines) is 1. The zero-order valence-electron chi connectivity index (χ0n) is 15.5. The van der Waals surface area contributed by atoms with E-state index in [1.54, 1.807) is 11.1 Å². The van der Waals surface area contributed by atoms with E-state index in [1.165, 1.54) is 0 Å². The number of carbonyl (C=O) groups excluding carboxylic acids is 1. The number of aliphatic carboxylic acids is 1. The fourth-order valence-electron chi connectivity index (χ4n) is 4.46. The van der Waals surface area contributed by atoms with Crippen LogP contribution >= 0.6 is 0 Å². The fraction of sp³-hybridized carbons (Fsp3) is 0.737. The van der Waals surface area contributed by atoms with Crippen LogP contribution in [0.25, 0.3) is 0 Å². The lowest BCUT2D eigenvalue weighted by atomic mass is 9.74. The smallest absolute Gasteiger partial charge is 0.311 e. The number of hydrogen-bond acceptors (Lipinski definition) is 4. The second-order valence-corrected chi connectivity index (χ2v) is 8.46. The average molecular weight is 361 g/mol. The summed E-state index contributed by atoms with van der Waals surface area (Å²) in [5.41, 5.74) is 0.842. The minimum Gasteiger partial charge on any atom is -0.481 e. The first kappa shape index (κ1) is 17.5. The highest BCUT2D eigenvalue weighted by molar-refractivity contribution is 5.96. The summed E-state index contributed by atoms with van der Waals surface area (Å²) >= 11 is 0. The van der Waals surface area contributed by atoms with Crippen LogP contribution in [0, 0.1) is 17.3 Å². The second kappa shape index (κ2) is 6.37. The maximum atomic E-state index is 13.2. The molecule has 0 radical (unpaired) electrons. The van der Waals surface area contributed by atoms with Gasteiger partial charge in [0, 0.05) is 38.1 Å². The van der Waals surface area contributed by atoms with Gasteiger partial charge in [0.15, 0.2) is 0 Å². The zero-order valence-corrected chi connectivity index (χ0v) is 15.5. The monoisotopic (exact) mass is 361 g/mol. The Kier molecular flexibility index (Phi) is 4.29. The lowest BCUT2D eigenvalue weighted by Gasteiger charge is -2.33. The van der Waals surface area contributed by atoms with Crippen LogP contribution in [0.15, 0.2) is 6.20 Å². The average Bonchev–Trinajstić information content (AvgIpc) is 3.22. The summed E-state index contributed by atoms with van der Waals surface area (Å²) in [5.74, 6) is -0.141. The summed E-state index contributed by atoms with van der Waals surface area (Å²) in [4.78, 5) is 26.9. The normalized spacial score (nSPS) is 28.4. The SMILES string of the molecule is CC(C)Cn1ncc(C(=O)N2C[C@H]3COCC[C@@]3(C(=O)O)C2)c1C1CC1. The fourth-order valence-corrected chi connectivity index (χ4v) is 4.46. The van der Waals surface area contributed by atoms with E-state index in [9.17, 15) is 14.7 Å². The Morgan fingerprint density at radius 2 is 2.19 bits per heavy atom. The maximum Gasteiger partial charge on any atom is 0.311 e. The van der Waals surface area contributed by atoms with E-state index in [4.69, 9.17) is 4.74 Å². The van der Waals surface area contributed by atoms with Crippen LogP contribution in [-0.2, 0) is 16.1 Å². The maximum absolute atomic E-state index is 13.2. The Labute approximate surface area is 153 Å². The first-order chi connectivity index (χ1) is 12.4. The molecule has 142 valence electrons. The summed E-state index contributed by atoms with van der Waals surface area (Å²) in [5, 5.41) is 14.3. The van der Waals surface area contributed by atoms with Gasteiger partial charge < -0.3 is 14.7 Å². The largest absolute Gasteiger partial charge is 0.481 e. The minimum atomic E-state index is -0.860. The quantitative estimate of drug-likeness (QED) is 0.867. The molecule has 2 atom stereocenters. The van der Waals surface area contributed by atoms with Gasteiger partial charge in [0.1, 0.15) is 0 Å². The molecule has 1 amide bonds. The molecule has 1 saturated carbocycles. The summed E-state index contributed by atoms with van der Waals surface area (Å²) in [7, 11) is 0. The highest BCUT2D eigenvalue weighted by atomic mass is 16.5. The van der Waals surface area contributed by atoms with Crippen LogP contribution in [0.2, 0.25) is 0 Å². The van der Waals surface area contributed by atoms with Crippen molar-refractivity contribution in [1.82, 2.24) is 14.7 Å². The van der Waals surface area contributed by atoms with Gasteiger partial charge in [-0.1, -0.05) is 13.8 Å². The van der Waals surface area contributed by atoms with Crippen LogP contribution in [0.5, 0.6) is 0 Å². The first-order valence-electron chi connectivity index (χ1n) is 9.58. The second-order valence-electron chi connectivity index (χ2n) is 8.46. The Hall–Kier alpha value is -1.89. The molecule has 0 unspecified atom stereocenters. The van der Waals surface area contributed by atoms with Gasteiger partial charge in [-0.25, -0.2) is 0 Å². The van der Waals surface area contributed by atoms with Gasteiger partial charge in [-0.2, -0.15) is 5.10 Å². The molecule has 1 aromatic rings. The minimum absolute atomic E-state index is 0.0723. The molecule has 1 N–H and O–H groups in total. The van der Waals surface area contributed by atoms with Gasteiger partial charge in [-0.3, -0.25) is 14.3 Å². The van der Waals surface area contributed by atoms with Crippen LogP contribution in [0.3, 0.4) is 0 Å². The van der Waals surface area contributed by atoms with Crippen molar-refractivity contribution in [2.24, 2.45) is 17.3 Å². The van der Waals surface area contributed by atoms with Crippen molar-refractivity contribution >= 4 is 11.9 Å². The van der Waals surface area contributed by atoms with Crippen molar-refractivity contribution in [3.8, 4) is 0 Å². The van der Waals surface area contributed by atoms with E-state index in [0.717, 1.165) is 25.1 Å². The Balaban J connectivity index is 1.61. The van der Waals surface area contributed by atoms with Gasteiger partial charge in [-0.15, -0.1) is 0 Å². The molecule has 7 nitrogen and oxygen atoms in total. The number of ether oxygens (including phenoxy) is 1. The number of fused-ring (bicyclic) bond motifs is 1. The molecular formula is C19H27N3O4. The van der Waals surface area contributed by atoms with E-state index >= 15 is 0 Å². The van der Waals surface area contributed by atoms with Gasteiger partial charge in [0.2, 0.25) is 0 Å². The molecule has 2 aliphatic heterocycles. The molecule has 3 heterocycles. The van der Waals surface area contributed by atoms with Crippen molar-refractivity contribution in [1.29, 1.82) is 0 Å². The van der Waals surface area contributed by atoms with Gasteiger partial charge in [0.25, 0.3) is 5.91 Å². The third-order valence-electron chi connectivity index (χ3n) is 6.03. The Bertz CT molecular complexity index is 724. The molecule has 0 spiro atoms. The number of aromatic nitrogens is 2. The van der Waals surface area contributed by atoms with Crippen molar-refractivity contribution in [3.63, 3.8) is 0 Å². The van der Waals surface area contributed by atoms with Crippen LogP contribution < -0.4 is 0 Å². The van der Waals surface area contributed by atoms with E-state index in [0.29, 0.717) is 43.6 Å². The molecule has 1 aliphatic carbocycles. The lowest BCUT2D eigenvalue weighted by Crippen LogP contribution is -2.45. The summed E-state index contributed by atoms with van der Waals surface area (Å²) in [6.45, 7) is 6.67. The van der Waals surface area contributed by atoms with Gasteiger partial charge >= 0.3 is 5.97 Å². The number of nitrogens with zero attached hydrogens (tertiary/aromatic N) is 3. The van der Waals surface area contributed by atoms with Crippen molar-refractivity contribution < 1.29 is 19.4 Å². The molecule has 0 bridgehead atoms. The highest BCUT2D eigenvalue weighted by Crippen LogP contribution is 2.45. The molecule has 2 saturated heterocycles. The van der Waals surface area contributed by atoms with E-state index in [1.807, 2.05) is 4.68 Å². The van der Waals surface area contributed by atoms with Crippen LogP contribution in [0.4, 0.5) is 0 Å². The number of hydrogen-bond donors (Lipinski definition) is 1. The molecule has 3 aliphatic rings. The number of carbonyl (C=O) groups is 2. The molecule has 4 rings (SSSR count). The topological polar surface area (TPSA) is 84.7 Å². The van der Waals surface area contributed by atoms with Crippen LogP contribution in [0.1, 0.15) is 55.1 Å². The van der Waals surface area contributed by atoms with E-state index in [-0.39, 0.29) is 18.4 Å². The van der Waals surface area contributed by atoms with E-state index < -0.39 is 11.4 Å². The first-order valence-corrected chi connectivity index (χ1v) is 9.58. The Morgan fingerprint density at radius 3 is 2.81 bits per heavy atom. The molecule has 7 heteroatoms. The number of amides is 1. The summed E-state index contributed by atoms with van der Waals surface area (Å²) in [6, 6.07) is 0. The third-order valence-corrected chi connectivity index (χ3v) is 6.03. The number of rotatable bonds is 5. The van der Waals surface area contributed by atoms with Gasteiger partial charge in [-0.05, 0) is 25.2 Å². The number of carboxylic acid groups (broad SMARTS) is 1. The highest BCUT2D eigenvalue weighted by Gasteiger charge is 2.55. The van der Waals surface area contributed by atoms with Crippen molar-refractivity contribution in [2.75, 3.05) is 26.3 Å². The molecule has 26 heavy (non-hydrogen) atoms. The predicted molar refractivity (Wildman–Crippen MR) is 93.9 cm³/mol. The Morgan fingerprint density at radius 1 is 1.42 bits per heavy atom. The molecule has 3 fully saturated rings. The molecule has 1 aromatic heterocycles. The summed E-state index contributed by atoms with van der Waals surface area (Å²) < 4.78 is 7.48. The zero-order chi connectivity index (χ0) is 18.5. The van der Waals surface area contributed by atoms with E-state index in [2.05, 4.69) is 18.9 Å².